The first-order valence-electron chi connectivity index (χ1n) is 11.7. The van der Waals surface area contributed by atoms with Crippen LogP contribution < -0.4 is 5.32 Å². The quantitative estimate of drug-likeness (QED) is 0.115. The van der Waals surface area contributed by atoms with Crippen LogP contribution >= 0.6 is 19.2 Å². The Morgan fingerprint density at radius 2 is 2.11 bits per heavy atom. The molecule has 0 amide bonds. The molecule has 38 heavy (non-hydrogen) atoms. The second-order valence-electron chi connectivity index (χ2n) is 9.28. The summed E-state index contributed by atoms with van der Waals surface area (Å²) in [4.78, 5) is 28.7. The number of aliphatic hydroxyl groups excluding tert-OH is 2. The molecule has 1 aliphatic carbocycles. The van der Waals surface area contributed by atoms with Gasteiger partial charge in [-0.15, -0.1) is 10.2 Å². The Labute approximate surface area is 220 Å². The van der Waals surface area contributed by atoms with E-state index in [-0.39, 0.29) is 16.8 Å². The molecule has 0 aromatic carbocycles. The summed E-state index contributed by atoms with van der Waals surface area (Å²) in [6, 6.07) is 0. The summed E-state index contributed by atoms with van der Waals surface area (Å²) in [7, 11) is -3.75. The summed E-state index contributed by atoms with van der Waals surface area (Å²) < 4.78 is 30.3. The van der Waals surface area contributed by atoms with Crippen molar-refractivity contribution in [2.75, 3.05) is 32.2 Å². The fraction of sp³-hybridized carbons (Fsp3) is 0.684. The highest BCUT2D eigenvalue weighted by Gasteiger charge is 2.52. The van der Waals surface area contributed by atoms with Gasteiger partial charge in [0.15, 0.2) is 23.0 Å². The summed E-state index contributed by atoms with van der Waals surface area (Å²) >= 11 is 6.14. The van der Waals surface area contributed by atoms with Crippen molar-refractivity contribution in [1.29, 1.82) is 0 Å². The third-order valence-corrected chi connectivity index (χ3v) is 8.15. The van der Waals surface area contributed by atoms with E-state index >= 15 is 0 Å². The van der Waals surface area contributed by atoms with Gasteiger partial charge in [0.25, 0.3) is 0 Å². The van der Waals surface area contributed by atoms with Crippen LogP contribution in [-0.4, -0.2) is 111 Å². The van der Waals surface area contributed by atoms with Gasteiger partial charge in [-0.3, -0.25) is 4.57 Å². The van der Waals surface area contributed by atoms with Crippen LogP contribution in [0.5, 0.6) is 0 Å². The third-order valence-electron chi connectivity index (χ3n) is 6.50. The van der Waals surface area contributed by atoms with Gasteiger partial charge in [-0.25, -0.2) is 4.68 Å². The zero-order valence-corrected chi connectivity index (χ0v) is 21.7. The average molecular weight is 576 g/mol. The number of hydrogen-bond acceptors (Lipinski definition) is 13. The zero-order valence-electron chi connectivity index (χ0n) is 20.1. The van der Waals surface area contributed by atoms with Crippen LogP contribution in [0.2, 0.25) is 5.28 Å². The van der Waals surface area contributed by atoms with Gasteiger partial charge in [0, 0.05) is 13.7 Å². The first kappa shape index (κ1) is 27.2. The molecule has 0 radical (unpaired) electrons. The minimum absolute atomic E-state index is 0.0261. The van der Waals surface area contributed by atoms with Gasteiger partial charge < -0.3 is 39.5 Å². The lowest BCUT2D eigenvalue weighted by atomic mass is 10.1. The number of methoxy groups -OCH3 is 1. The molecule has 208 valence electrons. The lowest BCUT2D eigenvalue weighted by Crippen LogP contribution is -2.44. The fourth-order valence-corrected chi connectivity index (χ4v) is 5.29. The van der Waals surface area contributed by atoms with E-state index in [1.54, 1.807) is 0 Å². The number of nitrogens with zero attached hydrogens (tertiary/aromatic N) is 7. The van der Waals surface area contributed by atoms with Crippen molar-refractivity contribution in [3.05, 3.63) is 17.3 Å². The molecular weight excluding hydrogens is 549 g/mol. The number of ether oxygens (including phenoxy) is 3. The number of hydrogen-bond donors (Lipinski definition) is 6. The van der Waals surface area contributed by atoms with Crippen LogP contribution in [0.4, 0.5) is 5.82 Å². The van der Waals surface area contributed by atoms with Crippen molar-refractivity contribution in [1.82, 2.24) is 40.4 Å². The number of rotatable bonds is 12. The van der Waals surface area contributed by atoms with E-state index in [4.69, 9.17) is 25.8 Å². The number of aromatic nitrogens is 8. The van der Waals surface area contributed by atoms with Crippen LogP contribution in [0.1, 0.15) is 24.9 Å². The molecule has 19 heteroatoms. The molecule has 1 saturated carbocycles. The molecule has 3 aromatic heterocycles. The van der Waals surface area contributed by atoms with E-state index in [9.17, 15) is 24.6 Å². The summed E-state index contributed by atoms with van der Waals surface area (Å²) in [6.45, 7) is -0.332. The Morgan fingerprint density at radius 1 is 1.32 bits per heavy atom. The normalized spacial score (nSPS) is 25.6. The van der Waals surface area contributed by atoms with Crippen molar-refractivity contribution in [2.45, 2.75) is 49.1 Å². The van der Waals surface area contributed by atoms with Gasteiger partial charge in [-0.05, 0) is 30.4 Å². The van der Waals surface area contributed by atoms with Crippen molar-refractivity contribution < 1.29 is 38.8 Å². The number of nitrogens with one attached hydrogen (secondary N) is 2. The van der Waals surface area contributed by atoms with Gasteiger partial charge in [0.1, 0.15) is 24.1 Å². The maximum Gasteiger partial charge on any atom is 0.359 e. The Hall–Kier alpha value is -2.34. The lowest BCUT2D eigenvalue weighted by molar-refractivity contribution is -0.113. The molecule has 4 heterocycles. The van der Waals surface area contributed by atoms with Gasteiger partial charge >= 0.3 is 7.60 Å². The van der Waals surface area contributed by atoms with Crippen LogP contribution in [0.15, 0.2) is 6.20 Å². The van der Waals surface area contributed by atoms with E-state index in [0.717, 1.165) is 19.4 Å². The molecule has 5 atom stereocenters. The zero-order chi connectivity index (χ0) is 27.1. The highest BCUT2D eigenvalue weighted by molar-refractivity contribution is 7.53. The lowest BCUT2D eigenvalue weighted by Gasteiger charge is -2.33. The number of tetrazole rings is 1. The number of halogens is 1. The molecule has 6 N–H and O–H groups in total. The van der Waals surface area contributed by atoms with Crippen molar-refractivity contribution in [3.8, 4) is 0 Å². The Morgan fingerprint density at radius 3 is 2.76 bits per heavy atom. The molecule has 1 aliphatic heterocycles. The molecule has 1 saturated heterocycles. The Balaban J connectivity index is 1.36. The molecule has 2 fully saturated rings. The van der Waals surface area contributed by atoms with Gasteiger partial charge in [0.05, 0.1) is 31.2 Å². The maximum absolute atomic E-state index is 12.5. The SMILES string of the molecule is COCC(Cc1nn[nH]n1)(OC[C@@H]1O[C@H](n2ncc3c(NCC4CC4)nc(Cl)nc32)[C@@H](O)[C@H]1O)P(=O)(O)O. The van der Waals surface area contributed by atoms with E-state index in [0.29, 0.717) is 17.1 Å². The fourth-order valence-electron chi connectivity index (χ4n) is 4.23. The molecular formula is C19H27ClN9O8P. The molecule has 0 spiro atoms. The summed E-state index contributed by atoms with van der Waals surface area (Å²) in [6.07, 6.45) is -2.06. The van der Waals surface area contributed by atoms with E-state index in [1.807, 2.05) is 0 Å². The Bertz CT molecular complexity index is 1300. The summed E-state index contributed by atoms with van der Waals surface area (Å²) in [5.74, 6) is 1.03. The first-order valence-corrected chi connectivity index (χ1v) is 13.7. The van der Waals surface area contributed by atoms with Crippen LogP contribution in [-0.2, 0) is 25.2 Å². The number of aromatic amines is 1. The summed E-state index contributed by atoms with van der Waals surface area (Å²) in [5.41, 5.74) is 0.266. The molecule has 1 unspecified atom stereocenters. The van der Waals surface area contributed by atoms with Crippen LogP contribution in [0.25, 0.3) is 11.0 Å². The number of H-pyrrole nitrogens is 1. The van der Waals surface area contributed by atoms with Crippen LogP contribution in [0, 0.1) is 5.92 Å². The molecule has 3 aromatic rings. The second kappa shape index (κ2) is 10.7. The van der Waals surface area contributed by atoms with Crippen molar-refractivity contribution in [2.24, 2.45) is 5.92 Å². The van der Waals surface area contributed by atoms with E-state index in [1.165, 1.54) is 18.0 Å². The van der Waals surface area contributed by atoms with E-state index in [2.05, 4.69) is 41.0 Å². The minimum atomic E-state index is -5.00. The molecule has 5 rings (SSSR count). The van der Waals surface area contributed by atoms with Gasteiger partial charge in [-0.1, -0.05) is 5.21 Å². The monoisotopic (exact) mass is 575 g/mol. The predicted molar refractivity (Wildman–Crippen MR) is 128 cm³/mol. The third kappa shape index (κ3) is 5.38. The number of aliphatic hydroxyl groups is 2. The molecule has 0 bridgehead atoms. The Kier molecular flexibility index (Phi) is 7.65. The van der Waals surface area contributed by atoms with Gasteiger partial charge in [0.2, 0.25) is 5.28 Å². The second-order valence-corrected chi connectivity index (χ2v) is 11.5. The standard InChI is InChI=1S/C19H27ClN9O8P/c1-35-8-19(38(32,33)34,4-12-25-27-28-26-12)36-7-11-13(30)14(31)17(37-11)29-16-10(6-22-29)15(23-18(20)24-16)21-5-9-2-3-9/h6,9,11,13-14,17,30-31H,2-5,7-8H2,1H3,(H,21,23,24)(H2,32,33,34)(H,25,26,27,28)/t11-,13-,14-,17-,19?/m0/s1. The first-order chi connectivity index (χ1) is 18.1. The maximum atomic E-state index is 12.5. The molecule has 2 aliphatic rings. The molecule has 17 nitrogen and oxygen atoms in total. The number of fused-ring (bicyclic) bond motifs is 1. The average Bonchev–Trinajstić information content (AvgIpc) is 3.24. The predicted octanol–water partition coefficient (Wildman–Crippen LogP) is -0.786. The van der Waals surface area contributed by atoms with Crippen LogP contribution in [0.3, 0.4) is 0 Å². The number of anilines is 1. The smallest absolute Gasteiger partial charge is 0.359 e. The largest absolute Gasteiger partial charge is 0.387 e. The van der Waals surface area contributed by atoms with Crippen molar-refractivity contribution in [3.63, 3.8) is 0 Å². The highest BCUT2D eigenvalue weighted by atomic mass is 35.5. The summed E-state index contributed by atoms with van der Waals surface area (Å²) in [5, 5.41) is 40.4. The van der Waals surface area contributed by atoms with E-state index < -0.39 is 57.1 Å². The topological polar surface area (TPSA) is 236 Å². The van der Waals surface area contributed by atoms with Crippen molar-refractivity contribution >= 4 is 36.0 Å². The van der Waals surface area contributed by atoms with Gasteiger partial charge in [-0.2, -0.15) is 20.3 Å². The highest BCUT2D eigenvalue weighted by Crippen LogP contribution is 2.53. The minimum Gasteiger partial charge on any atom is -0.387 e.